The number of para-hydroxylation sites is 1. The van der Waals surface area contributed by atoms with Crippen molar-refractivity contribution in [3.8, 4) is 0 Å². The standard InChI is InChI=1S/C18H24F2N6.HI/c1-13-10-23-26(11-13)9-7-22-18(21-2)24-14-6-8-25(12-14)17-15(19)4-3-5-16(17)20;/h3-5,10-11,14H,6-9,12H2,1-2H3,(H2,21,22,24);1H. The molecule has 0 saturated carbocycles. The van der Waals surface area contributed by atoms with Crippen LogP contribution in [-0.2, 0) is 6.54 Å². The first-order valence-electron chi connectivity index (χ1n) is 8.72. The summed E-state index contributed by atoms with van der Waals surface area (Å²) in [5, 5.41) is 10.8. The summed E-state index contributed by atoms with van der Waals surface area (Å²) in [7, 11) is 1.71. The highest BCUT2D eigenvalue weighted by atomic mass is 127. The van der Waals surface area contributed by atoms with Crippen molar-refractivity contribution in [3.63, 3.8) is 0 Å². The van der Waals surface area contributed by atoms with Gasteiger partial charge in [0.15, 0.2) is 5.96 Å². The number of rotatable bonds is 5. The highest BCUT2D eigenvalue weighted by Gasteiger charge is 2.27. The monoisotopic (exact) mass is 490 g/mol. The number of hydrogen-bond acceptors (Lipinski definition) is 3. The van der Waals surface area contributed by atoms with Gasteiger partial charge in [-0.2, -0.15) is 5.10 Å². The Balaban J connectivity index is 0.00000261. The first kappa shape index (κ1) is 21.4. The molecule has 9 heteroatoms. The fourth-order valence-electron chi connectivity index (χ4n) is 3.14. The van der Waals surface area contributed by atoms with Crippen LogP contribution >= 0.6 is 24.0 Å². The largest absolute Gasteiger partial charge is 0.365 e. The number of halogens is 3. The van der Waals surface area contributed by atoms with Gasteiger partial charge < -0.3 is 15.5 Å². The Morgan fingerprint density at radius 3 is 2.70 bits per heavy atom. The van der Waals surface area contributed by atoms with Crippen LogP contribution in [0, 0.1) is 18.6 Å². The first-order valence-corrected chi connectivity index (χ1v) is 8.72. The second kappa shape index (κ2) is 9.86. The number of nitrogens with zero attached hydrogens (tertiary/aromatic N) is 4. The van der Waals surface area contributed by atoms with Crippen LogP contribution in [0.4, 0.5) is 14.5 Å². The van der Waals surface area contributed by atoms with Crippen LogP contribution in [0.3, 0.4) is 0 Å². The third-order valence-corrected chi connectivity index (χ3v) is 4.40. The summed E-state index contributed by atoms with van der Waals surface area (Å²) in [5.74, 6) is -0.375. The van der Waals surface area contributed by atoms with Crippen LogP contribution in [0.1, 0.15) is 12.0 Å². The van der Waals surface area contributed by atoms with Gasteiger partial charge in [-0.25, -0.2) is 8.78 Å². The average molecular weight is 490 g/mol. The molecule has 2 heterocycles. The molecule has 6 nitrogen and oxygen atoms in total. The molecule has 148 valence electrons. The molecule has 0 aliphatic carbocycles. The van der Waals surface area contributed by atoms with Crippen LogP contribution < -0.4 is 15.5 Å². The van der Waals surface area contributed by atoms with Gasteiger partial charge in [0.05, 0.1) is 12.7 Å². The Hall–Kier alpha value is -1.91. The molecule has 2 N–H and O–H groups in total. The van der Waals surface area contributed by atoms with Crippen molar-refractivity contribution in [2.45, 2.75) is 25.9 Å². The van der Waals surface area contributed by atoms with E-state index >= 15 is 0 Å². The van der Waals surface area contributed by atoms with Gasteiger partial charge in [-0.3, -0.25) is 9.67 Å². The minimum Gasteiger partial charge on any atom is -0.365 e. The maximum absolute atomic E-state index is 13.9. The van der Waals surface area contributed by atoms with Crippen molar-refractivity contribution in [2.24, 2.45) is 4.99 Å². The van der Waals surface area contributed by atoms with E-state index < -0.39 is 11.6 Å². The molecular weight excluding hydrogens is 465 g/mol. The number of benzene rings is 1. The Morgan fingerprint density at radius 2 is 2.07 bits per heavy atom. The maximum atomic E-state index is 13.9. The highest BCUT2D eigenvalue weighted by Crippen LogP contribution is 2.26. The quantitative estimate of drug-likeness (QED) is 0.385. The third kappa shape index (κ3) is 5.53. The molecule has 3 rings (SSSR count). The summed E-state index contributed by atoms with van der Waals surface area (Å²) in [4.78, 5) is 5.96. The molecule has 1 fully saturated rings. The van der Waals surface area contributed by atoms with Gasteiger partial charge in [0.2, 0.25) is 0 Å². The molecule has 0 radical (unpaired) electrons. The molecule has 0 bridgehead atoms. The number of anilines is 1. The molecule has 1 aliphatic heterocycles. The minimum atomic E-state index is -0.525. The number of guanidine groups is 1. The molecule has 0 spiro atoms. The van der Waals surface area contributed by atoms with Crippen LogP contribution in [-0.4, -0.2) is 48.5 Å². The number of nitrogens with one attached hydrogen (secondary N) is 2. The van der Waals surface area contributed by atoms with Gasteiger partial charge in [0.25, 0.3) is 0 Å². The molecule has 1 unspecified atom stereocenters. The molecule has 1 aliphatic rings. The molecule has 1 saturated heterocycles. The number of aromatic nitrogens is 2. The van der Waals surface area contributed by atoms with Crippen LogP contribution in [0.2, 0.25) is 0 Å². The lowest BCUT2D eigenvalue weighted by atomic mass is 10.2. The molecular formula is C18H25F2IN6. The summed E-state index contributed by atoms with van der Waals surface area (Å²) >= 11 is 0. The summed E-state index contributed by atoms with van der Waals surface area (Å²) in [6.07, 6.45) is 4.59. The smallest absolute Gasteiger partial charge is 0.191 e. The van der Waals surface area contributed by atoms with E-state index in [0.717, 1.165) is 18.5 Å². The SMILES string of the molecule is CN=C(NCCn1cc(C)cn1)NC1CCN(c2c(F)cccc2F)C1.I. The van der Waals surface area contributed by atoms with Gasteiger partial charge >= 0.3 is 0 Å². The number of hydrogen-bond donors (Lipinski definition) is 2. The molecule has 0 amide bonds. The zero-order valence-corrected chi connectivity index (χ0v) is 17.8. The first-order chi connectivity index (χ1) is 12.6. The summed E-state index contributed by atoms with van der Waals surface area (Å²) in [6, 6.07) is 4.03. The van der Waals surface area contributed by atoms with Crippen molar-refractivity contribution in [2.75, 3.05) is 31.6 Å². The topological polar surface area (TPSA) is 57.5 Å². The van der Waals surface area contributed by atoms with E-state index in [1.54, 1.807) is 11.9 Å². The molecule has 1 atom stereocenters. The Morgan fingerprint density at radius 1 is 1.33 bits per heavy atom. The predicted octanol–water partition coefficient (Wildman–Crippen LogP) is 2.53. The van der Waals surface area contributed by atoms with Crippen LogP contribution in [0.15, 0.2) is 35.6 Å². The van der Waals surface area contributed by atoms with E-state index in [0.29, 0.717) is 25.6 Å². The molecule has 2 aromatic rings. The molecule has 1 aromatic carbocycles. The van der Waals surface area contributed by atoms with Gasteiger partial charge in [-0.1, -0.05) is 6.07 Å². The fourth-order valence-corrected chi connectivity index (χ4v) is 3.14. The lowest BCUT2D eigenvalue weighted by Crippen LogP contribution is -2.45. The van der Waals surface area contributed by atoms with Crippen molar-refractivity contribution in [3.05, 3.63) is 47.8 Å². The van der Waals surface area contributed by atoms with E-state index in [1.165, 1.54) is 18.2 Å². The summed E-state index contributed by atoms with van der Waals surface area (Å²) in [6.45, 7) is 4.53. The second-order valence-electron chi connectivity index (χ2n) is 6.43. The van der Waals surface area contributed by atoms with Gasteiger partial charge in [0.1, 0.15) is 17.3 Å². The van der Waals surface area contributed by atoms with Crippen LogP contribution in [0.5, 0.6) is 0 Å². The van der Waals surface area contributed by atoms with E-state index in [2.05, 4.69) is 20.7 Å². The average Bonchev–Trinajstić information content (AvgIpc) is 3.23. The lowest BCUT2D eigenvalue weighted by Gasteiger charge is -2.21. The van der Waals surface area contributed by atoms with E-state index in [1.807, 2.05) is 24.0 Å². The number of aliphatic imine (C=N–C) groups is 1. The van der Waals surface area contributed by atoms with Gasteiger partial charge in [-0.15, -0.1) is 24.0 Å². The number of aryl methyl sites for hydroxylation is 1. The van der Waals surface area contributed by atoms with Crippen molar-refractivity contribution >= 4 is 35.6 Å². The molecule has 27 heavy (non-hydrogen) atoms. The maximum Gasteiger partial charge on any atom is 0.191 e. The Kier molecular flexibility index (Phi) is 7.81. The van der Waals surface area contributed by atoms with E-state index in [-0.39, 0.29) is 35.7 Å². The Labute approximate surface area is 175 Å². The second-order valence-corrected chi connectivity index (χ2v) is 6.43. The zero-order valence-electron chi connectivity index (χ0n) is 15.5. The summed E-state index contributed by atoms with van der Waals surface area (Å²) in [5.41, 5.74) is 1.17. The Bertz CT molecular complexity index is 759. The third-order valence-electron chi connectivity index (χ3n) is 4.40. The van der Waals surface area contributed by atoms with Crippen molar-refractivity contribution < 1.29 is 8.78 Å². The zero-order chi connectivity index (χ0) is 18.5. The lowest BCUT2D eigenvalue weighted by molar-refractivity contribution is 0.574. The van der Waals surface area contributed by atoms with Gasteiger partial charge in [-0.05, 0) is 31.0 Å². The molecule has 1 aromatic heterocycles. The normalized spacial score (nSPS) is 17.0. The van der Waals surface area contributed by atoms with Gasteiger partial charge in [0, 0.05) is 38.9 Å². The van der Waals surface area contributed by atoms with E-state index in [4.69, 9.17) is 0 Å². The predicted molar refractivity (Wildman–Crippen MR) is 114 cm³/mol. The highest BCUT2D eigenvalue weighted by molar-refractivity contribution is 14.0. The van der Waals surface area contributed by atoms with Crippen molar-refractivity contribution in [1.29, 1.82) is 0 Å². The van der Waals surface area contributed by atoms with Crippen molar-refractivity contribution in [1.82, 2.24) is 20.4 Å². The van der Waals surface area contributed by atoms with E-state index in [9.17, 15) is 8.78 Å². The summed E-state index contributed by atoms with van der Waals surface area (Å²) < 4.78 is 29.8. The van der Waals surface area contributed by atoms with Crippen LogP contribution in [0.25, 0.3) is 0 Å². The fraction of sp³-hybridized carbons (Fsp3) is 0.444. The minimum absolute atomic E-state index is 0.